The smallest absolute Gasteiger partial charge is 0.272 e. The minimum absolute atomic E-state index is 0.0218. The first-order chi connectivity index (χ1) is 6.79. The van der Waals surface area contributed by atoms with E-state index in [0.29, 0.717) is 5.56 Å². The maximum Gasteiger partial charge on any atom is 0.272 e. The average Bonchev–Trinajstić information content (AvgIpc) is 1.99. The molecule has 0 aromatic heterocycles. The summed E-state index contributed by atoms with van der Waals surface area (Å²) in [6, 6.07) is 3.59. The van der Waals surface area contributed by atoms with E-state index in [1.165, 1.54) is 19.1 Å². The molecule has 0 saturated heterocycles. The second-order valence-corrected chi connectivity index (χ2v) is 5.16. The molecule has 0 fully saturated rings. The Morgan fingerprint density at radius 1 is 1.47 bits per heavy atom. The van der Waals surface area contributed by atoms with Gasteiger partial charge in [-0.25, -0.2) is 0 Å². The van der Waals surface area contributed by atoms with Crippen LogP contribution in [0.15, 0.2) is 18.2 Å². The van der Waals surface area contributed by atoms with E-state index >= 15 is 0 Å². The maximum atomic E-state index is 10.6. The zero-order chi connectivity index (χ0) is 11.6. The topological polar surface area (TPSA) is 98.5 Å². The zero-order valence-corrected chi connectivity index (χ0v) is 9.29. The molecule has 1 aromatic carbocycles. The van der Waals surface area contributed by atoms with Crippen LogP contribution >= 0.6 is 6.72 Å². The summed E-state index contributed by atoms with van der Waals surface area (Å²) >= 11 is 4.04. The number of hydrogen-bond acceptors (Lipinski definition) is 6. The van der Waals surface area contributed by atoms with Gasteiger partial charge >= 0.3 is 0 Å². The highest BCUT2D eigenvalue weighted by Gasteiger charge is 2.10. The number of benzene rings is 1. The molecular formula is C7H6NO5PS-2. The number of nitro groups is 1. The molecular weight excluding hydrogens is 241 g/mol. The van der Waals surface area contributed by atoms with Crippen molar-refractivity contribution in [1.82, 2.24) is 0 Å². The molecule has 8 heteroatoms. The Labute approximate surface area is 90.5 Å². The van der Waals surface area contributed by atoms with E-state index in [4.69, 9.17) is 0 Å². The van der Waals surface area contributed by atoms with Crippen LogP contribution in [0.25, 0.3) is 0 Å². The predicted molar refractivity (Wildman–Crippen MR) is 52.7 cm³/mol. The zero-order valence-electron chi connectivity index (χ0n) is 7.58. The van der Waals surface area contributed by atoms with Crippen LogP contribution in [0, 0.1) is 17.0 Å². The molecule has 0 atom stereocenters. The normalized spacial score (nSPS) is 11.1. The van der Waals surface area contributed by atoms with Crippen molar-refractivity contribution in [2.45, 2.75) is 6.92 Å². The van der Waals surface area contributed by atoms with Gasteiger partial charge < -0.3 is 14.3 Å². The van der Waals surface area contributed by atoms with Crippen molar-refractivity contribution in [2.75, 3.05) is 0 Å². The molecule has 15 heavy (non-hydrogen) atoms. The van der Waals surface area contributed by atoms with E-state index in [1.807, 2.05) is 0 Å². The van der Waals surface area contributed by atoms with Gasteiger partial charge in [0.05, 0.1) is 4.92 Å². The minimum atomic E-state index is -4.28. The second kappa shape index (κ2) is 4.24. The van der Waals surface area contributed by atoms with Gasteiger partial charge in [0.25, 0.3) is 5.69 Å². The summed E-state index contributed by atoms with van der Waals surface area (Å²) in [4.78, 5) is 31.1. The Bertz CT molecular complexity index is 443. The van der Waals surface area contributed by atoms with Crippen LogP contribution in [0.3, 0.4) is 0 Å². The van der Waals surface area contributed by atoms with Gasteiger partial charge in [-0.3, -0.25) is 10.1 Å². The van der Waals surface area contributed by atoms with Crippen LogP contribution in [0.2, 0.25) is 0 Å². The second-order valence-electron chi connectivity index (χ2n) is 2.74. The van der Waals surface area contributed by atoms with Crippen molar-refractivity contribution < 1.29 is 19.2 Å². The molecule has 0 radical (unpaired) electrons. The molecule has 0 N–H and O–H groups in total. The lowest BCUT2D eigenvalue weighted by molar-refractivity contribution is -0.385. The fourth-order valence-electron chi connectivity index (χ4n) is 1.02. The van der Waals surface area contributed by atoms with Gasteiger partial charge in [-0.05, 0) is 25.8 Å². The first-order valence-electron chi connectivity index (χ1n) is 3.76. The molecule has 1 rings (SSSR count). The first kappa shape index (κ1) is 12.1. The molecule has 0 spiro atoms. The fraction of sp³-hybridized carbons (Fsp3) is 0.143. The monoisotopic (exact) mass is 247 g/mol. The summed E-state index contributed by atoms with van der Waals surface area (Å²) in [6.45, 7) is -2.81. The molecule has 0 saturated carbocycles. The highest BCUT2D eigenvalue weighted by molar-refractivity contribution is 8.05. The predicted octanol–water partition coefficient (Wildman–Crippen LogP) is 0.227. The third kappa shape index (κ3) is 3.56. The van der Waals surface area contributed by atoms with Crippen molar-refractivity contribution in [2.24, 2.45) is 0 Å². The molecule has 1 aromatic rings. The summed E-state index contributed by atoms with van der Waals surface area (Å²) in [5.41, 5.74) is 0.202. The van der Waals surface area contributed by atoms with Crippen LogP contribution in [-0.4, -0.2) is 4.92 Å². The Morgan fingerprint density at radius 3 is 2.47 bits per heavy atom. The van der Waals surface area contributed by atoms with Crippen LogP contribution in [0.5, 0.6) is 5.75 Å². The Morgan fingerprint density at radius 2 is 2.07 bits per heavy atom. The number of rotatable bonds is 3. The van der Waals surface area contributed by atoms with Crippen LogP contribution in [0.1, 0.15) is 5.56 Å². The largest absolute Gasteiger partial charge is 0.803 e. The highest BCUT2D eigenvalue weighted by Crippen LogP contribution is 2.32. The van der Waals surface area contributed by atoms with Crippen molar-refractivity contribution in [3.63, 3.8) is 0 Å². The number of aryl methyl sites for hydroxylation is 1. The highest BCUT2D eigenvalue weighted by atomic mass is 32.5. The van der Waals surface area contributed by atoms with Crippen LogP contribution in [0.4, 0.5) is 5.69 Å². The summed E-state index contributed by atoms with van der Waals surface area (Å²) in [7, 11) is 0. The summed E-state index contributed by atoms with van der Waals surface area (Å²) in [5, 5.41) is 10.4. The molecule has 0 bridgehead atoms. The lowest BCUT2D eigenvalue weighted by Gasteiger charge is -2.34. The Kier molecular flexibility index (Phi) is 3.41. The SMILES string of the molecule is Cc1cc(OP([O-])([O-])=S)ccc1[N+](=O)[O-]. The van der Waals surface area contributed by atoms with Gasteiger partial charge in [0.15, 0.2) is 0 Å². The quantitative estimate of drug-likeness (QED) is 0.430. The van der Waals surface area contributed by atoms with E-state index in [2.05, 4.69) is 16.3 Å². The van der Waals surface area contributed by atoms with Gasteiger partial charge in [-0.15, -0.1) is 0 Å². The van der Waals surface area contributed by atoms with E-state index in [1.54, 1.807) is 0 Å². The van der Waals surface area contributed by atoms with Gasteiger partial charge in [0, 0.05) is 11.6 Å². The van der Waals surface area contributed by atoms with Crippen molar-refractivity contribution in [3.8, 4) is 5.75 Å². The lowest BCUT2D eigenvalue weighted by atomic mass is 10.2. The molecule has 0 aliphatic heterocycles. The molecule has 0 amide bonds. The molecule has 0 heterocycles. The summed E-state index contributed by atoms with van der Waals surface area (Å²) in [6.07, 6.45) is 0. The number of nitro benzene ring substituents is 1. The van der Waals surface area contributed by atoms with Gasteiger partial charge in [0.1, 0.15) is 5.75 Å². The molecule has 0 aliphatic carbocycles. The van der Waals surface area contributed by atoms with E-state index in [9.17, 15) is 19.9 Å². The van der Waals surface area contributed by atoms with Crippen molar-refractivity contribution in [1.29, 1.82) is 0 Å². The molecule has 0 unspecified atom stereocenters. The van der Waals surface area contributed by atoms with Crippen LogP contribution in [-0.2, 0) is 11.8 Å². The lowest BCUT2D eigenvalue weighted by Crippen LogP contribution is -2.18. The van der Waals surface area contributed by atoms with E-state index in [-0.39, 0.29) is 11.4 Å². The van der Waals surface area contributed by atoms with E-state index < -0.39 is 11.6 Å². The first-order valence-corrected chi connectivity index (χ1v) is 6.32. The van der Waals surface area contributed by atoms with Gasteiger partial charge in [-0.2, -0.15) is 0 Å². The third-order valence-corrected chi connectivity index (χ3v) is 2.24. The number of hydrogen-bond donors (Lipinski definition) is 0. The summed E-state index contributed by atoms with van der Waals surface area (Å²) < 4.78 is 4.41. The molecule has 82 valence electrons. The Hall–Kier alpha value is -1.01. The molecule has 6 nitrogen and oxygen atoms in total. The Balaban J connectivity index is 3.02. The maximum absolute atomic E-state index is 10.6. The third-order valence-electron chi connectivity index (χ3n) is 1.58. The fourth-order valence-corrected chi connectivity index (χ4v) is 1.65. The average molecular weight is 247 g/mol. The summed E-state index contributed by atoms with van der Waals surface area (Å²) in [5.74, 6) is -0.0218. The van der Waals surface area contributed by atoms with E-state index in [0.717, 1.165) is 6.07 Å². The molecule has 0 aliphatic rings. The number of nitrogens with zero attached hydrogens (tertiary/aromatic N) is 1. The van der Waals surface area contributed by atoms with Crippen LogP contribution < -0.4 is 14.3 Å². The van der Waals surface area contributed by atoms with Gasteiger partial charge in [-0.1, -0.05) is 11.8 Å². The van der Waals surface area contributed by atoms with Gasteiger partial charge in [0.2, 0.25) is 0 Å². The van der Waals surface area contributed by atoms with Crippen molar-refractivity contribution >= 4 is 24.2 Å². The van der Waals surface area contributed by atoms with Crippen molar-refractivity contribution in [3.05, 3.63) is 33.9 Å². The minimum Gasteiger partial charge on any atom is -0.803 e. The standard InChI is InChI=1S/C7H8NO5PS/c1-5-4-6(13-14(11,12)15)2-3-7(5)8(9)10/h2-4H,1H3,(H2,11,12,15)/p-2.